The van der Waals surface area contributed by atoms with Gasteiger partial charge in [0.05, 0.1) is 6.04 Å². The van der Waals surface area contributed by atoms with Gasteiger partial charge >= 0.3 is 0 Å². The highest BCUT2D eigenvalue weighted by atomic mass is 32.1. The smallest absolute Gasteiger partial charge is 0.181 e. The molecule has 72 valence electrons. The normalized spacial score (nSPS) is 12.2. The number of rotatable bonds is 2. The van der Waals surface area contributed by atoms with E-state index in [4.69, 9.17) is 18.1 Å². The van der Waals surface area contributed by atoms with Crippen LogP contribution in [-0.2, 0) is 0 Å². The van der Waals surface area contributed by atoms with Crippen molar-refractivity contribution in [3.63, 3.8) is 0 Å². The lowest BCUT2D eigenvalue weighted by atomic mass is 10.4. The molecule has 0 saturated heterocycles. The first-order valence-electron chi connectivity index (χ1n) is 3.70. The van der Waals surface area contributed by atoms with Crippen LogP contribution in [0.25, 0.3) is 0 Å². The van der Waals surface area contributed by atoms with E-state index < -0.39 is 0 Å². The molecule has 0 aromatic carbocycles. The summed E-state index contributed by atoms with van der Waals surface area (Å²) in [5.41, 5.74) is 2.35. The number of hydrogen-bond acceptors (Lipinski definition) is 5. The topological polar surface area (TPSA) is 75.9 Å². The molecular formula is C6H11N5S2. The van der Waals surface area contributed by atoms with Gasteiger partial charge in [-0.15, -0.1) is 10.2 Å². The molecule has 0 bridgehead atoms. The summed E-state index contributed by atoms with van der Waals surface area (Å²) in [6.45, 7) is 3.86. The van der Waals surface area contributed by atoms with Gasteiger partial charge in [-0.05, 0) is 26.1 Å². The largest absolute Gasteiger partial charge is 0.353 e. The highest BCUT2D eigenvalue weighted by molar-refractivity contribution is 7.80. The third-order valence-corrected chi connectivity index (χ3v) is 2.65. The van der Waals surface area contributed by atoms with Crippen molar-refractivity contribution in [3.05, 3.63) is 10.0 Å². The summed E-state index contributed by atoms with van der Waals surface area (Å²) in [7, 11) is 0. The summed E-state index contributed by atoms with van der Waals surface area (Å²) in [4.78, 5) is 0. The lowest BCUT2D eigenvalue weighted by Crippen LogP contribution is -2.40. The molecular weight excluding hydrogens is 206 g/mol. The molecule has 4 N–H and O–H groups in total. The number of aryl methyl sites for hydroxylation is 1. The molecule has 0 aliphatic rings. The average molecular weight is 217 g/mol. The van der Waals surface area contributed by atoms with E-state index in [1.807, 2.05) is 13.8 Å². The number of thiocarbonyl (C=S) groups is 1. The highest BCUT2D eigenvalue weighted by Crippen LogP contribution is 2.16. The van der Waals surface area contributed by atoms with E-state index in [2.05, 4.69) is 20.9 Å². The first-order chi connectivity index (χ1) is 6.13. The van der Waals surface area contributed by atoms with Crippen LogP contribution in [0.4, 0.5) is 0 Å². The number of nitrogens with zero attached hydrogens (tertiary/aromatic N) is 2. The molecule has 1 atom stereocenters. The maximum absolute atomic E-state index is 5.12. The molecule has 0 amide bonds. The van der Waals surface area contributed by atoms with Gasteiger partial charge in [0, 0.05) is 0 Å². The molecule has 0 spiro atoms. The molecule has 1 aromatic rings. The summed E-state index contributed by atoms with van der Waals surface area (Å²) in [5, 5.41) is 13.1. The summed E-state index contributed by atoms with van der Waals surface area (Å²) in [6, 6.07) is 0.0368. The Bertz CT molecular complexity index is 297. The quantitative estimate of drug-likeness (QED) is 0.374. The number of hydrogen-bond donors (Lipinski definition) is 3. The van der Waals surface area contributed by atoms with Crippen molar-refractivity contribution in [1.82, 2.24) is 20.9 Å². The Kier molecular flexibility index (Phi) is 3.52. The number of hydrazine groups is 1. The fourth-order valence-electron chi connectivity index (χ4n) is 0.787. The minimum atomic E-state index is 0.0368. The maximum Gasteiger partial charge on any atom is 0.181 e. The van der Waals surface area contributed by atoms with Gasteiger partial charge in [-0.25, -0.2) is 5.84 Å². The zero-order chi connectivity index (χ0) is 9.84. The highest BCUT2D eigenvalue weighted by Gasteiger charge is 2.10. The zero-order valence-electron chi connectivity index (χ0n) is 7.37. The van der Waals surface area contributed by atoms with Gasteiger partial charge in [-0.1, -0.05) is 11.3 Å². The van der Waals surface area contributed by atoms with Crippen molar-refractivity contribution in [3.8, 4) is 0 Å². The Morgan fingerprint density at radius 3 is 2.77 bits per heavy atom. The third-order valence-electron chi connectivity index (χ3n) is 1.39. The Morgan fingerprint density at radius 1 is 1.62 bits per heavy atom. The second kappa shape index (κ2) is 4.45. The molecule has 13 heavy (non-hydrogen) atoms. The Labute approximate surface area is 85.7 Å². The predicted molar refractivity (Wildman–Crippen MR) is 56.1 cm³/mol. The van der Waals surface area contributed by atoms with Gasteiger partial charge in [0.25, 0.3) is 0 Å². The Hall–Kier alpha value is -0.790. The molecule has 0 radical (unpaired) electrons. The van der Waals surface area contributed by atoms with Crippen LogP contribution in [0.1, 0.15) is 23.0 Å². The van der Waals surface area contributed by atoms with Gasteiger partial charge in [0.15, 0.2) is 5.11 Å². The lowest BCUT2D eigenvalue weighted by Gasteiger charge is -2.11. The molecule has 1 aromatic heterocycles. The van der Waals surface area contributed by atoms with Gasteiger partial charge in [-0.3, -0.25) is 0 Å². The minimum absolute atomic E-state index is 0.0368. The molecule has 0 saturated carbocycles. The van der Waals surface area contributed by atoms with Crippen molar-refractivity contribution < 1.29 is 0 Å². The van der Waals surface area contributed by atoms with Gasteiger partial charge in [0.1, 0.15) is 10.0 Å². The molecule has 5 nitrogen and oxygen atoms in total. The first-order valence-corrected chi connectivity index (χ1v) is 4.93. The molecule has 1 heterocycles. The minimum Gasteiger partial charge on any atom is -0.353 e. The van der Waals surface area contributed by atoms with Crippen molar-refractivity contribution in [2.75, 3.05) is 0 Å². The number of nitrogens with one attached hydrogen (secondary N) is 2. The van der Waals surface area contributed by atoms with Crippen molar-refractivity contribution in [2.45, 2.75) is 19.9 Å². The molecule has 1 rings (SSSR count). The standard InChI is InChI=1S/C6H11N5S2/c1-3(8-6(12)9-7)5-11-10-4(2)13-5/h3H,7H2,1-2H3,(H2,8,9,12). The second-order valence-corrected chi connectivity index (χ2v) is 4.12. The van der Waals surface area contributed by atoms with Crippen LogP contribution in [0.2, 0.25) is 0 Å². The summed E-state index contributed by atoms with van der Waals surface area (Å²) in [5.74, 6) is 5.12. The van der Waals surface area contributed by atoms with Crippen LogP contribution in [0.5, 0.6) is 0 Å². The van der Waals surface area contributed by atoms with E-state index in [1.165, 1.54) is 11.3 Å². The Balaban J connectivity index is 2.58. The molecule has 7 heteroatoms. The monoisotopic (exact) mass is 217 g/mol. The van der Waals surface area contributed by atoms with Crippen LogP contribution < -0.4 is 16.6 Å². The van der Waals surface area contributed by atoms with Crippen LogP contribution in [-0.4, -0.2) is 15.3 Å². The van der Waals surface area contributed by atoms with Crippen LogP contribution in [0.3, 0.4) is 0 Å². The van der Waals surface area contributed by atoms with E-state index in [1.54, 1.807) is 0 Å². The number of nitrogens with two attached hydrogens (primary N) is 1. The van der Waals surface area contributed by atoms with Crippen molar-refractivity contribution in [2.24, 2.45) is 5.84 Å². The lowest BCUT2D eigenvalue weighted by molar-refractivity contribution is 0.687. The van der Waals surface area contributed by atoms with Gasteiger partial charge in [-0.2, -0.15) is 0 Å². The Morgan fingerprint density at radius 2 is 2.31 bits per heavy atom. The van der Waals surface area contributed by atoms with Gasteiger partial charge < -0.3 is 10.7 Å². The predicted octanol–water partition coefficient (Wildman–Crippen LogP) is 0.245. The van der Waals surface area contributed by atoms with Crippen molar-refractivity contribution in [1.29, 1.82) is 0 Å². The average Bonchev–Trinajstić information content (AvgIpc) is 2.51. The SMILES string of the molecule is Cc1nnc(C(C)NC(=S)NN)s1. The number of aromatic nitrogens is 2. The fraction of sp³-hybridized carbons (Fsp3) is 0.500. The molecule has 1 unspecified atom stereocenters. The molecule has 0 fully saturated rings. The zero-order valence-corrected chi connectivity index (χ0v) is 9.00. The van der Waals surface area contributed by atoms with E-state index in [9.17, 15) is 0 Å². The van der Waals surface area contributed by atoms with Crippen LogP contribution in [0.15, 0.2) is 0 Å². The van der Waals surface area contributed by atoms with E-state index in [0.717, 1.165) is 10.0 Å². The van der Waals surface area contributed by atoms with E-state index in [0.29, 0.717) is 5.11 Å². The van der Waals surface area contributed by atoms with E-state index in [-0.39, 0.29) is 6.04 Å². The maximum atomic E-state index is 5.12. The van der Waals surface area contributed by atoms with Gasteiger partial charge in [0.2, 0.25) is 0 Å². The molecule has 0 aliphatic heterocycles. The fourth-order valence-corrected chi connectivity index (χ4v) is 1.67. The van der Waals surface area contributed by atoms with Crippen molar-refractivity contribution >= 4 is 28.7 Å². The summed E-state index contributed by atoms with van der Waals surface area (Å²) >= 11 is 6.38. The van der Waals surface area contributed by atoms with Crippen LogP contribution in [0, 0.1) is 6.92 Å². The summed E-state index contributed by atoms with van der Waals surface area (Å²) in [6.07, 6.45) is 0. The first kappa shape index (κ1) is 10.3. The van der Waals surface area contributed by atoms with Crippen LogP contribution >= 0.6 is 23.6 Å². The molecule has 0 aliphatic carbocycles. The summed E-state index contributed by atoms with van der Waals surface area (Å²) < 4.78 is 0. The second-order valence-electron chi connectivity index (χ2n) is 2.50. The van der Waals surface area contributed by atoms with E-state index >= 15 is 0 Å². The third kappa shape index (κ3) is 2.87.